The molecule has 6 nitrogen and oxygen atoms in total. The minimum Gasteiger partial charge on any atom is -0.329 e. The third kappa shape index (κ3) is 4.47. The normalized spacial score (nSPS) is 16.6. The zero-order valence-corrected chi connectivity index (χ0v) is 16.8. The molecule has 1 aliphatic heterocycles. The number of imidazole rings is 1. The molecule has 0 saturated carbocycles. The summed E-state index contributed by atoms with van der Waals surface area (Å²) in [7, 11) is 0. The fourth-order valence-corrected chi connectivity index (χ4v) is 4.00. The van der Waals surface area contributed by atoms with E-state index in [9.17, 15) is 4.79 Å². The number of aromatic nitrogens is 3. The molecule has 1 saturated heterocycles. The van der Waals surface area contributed by atoms with Gasteiger partial charge < -0.3 is 14.8 Å². The van der Waals surface area contributed by atoms with E-state index in [0.29, 0.717) is 13.1 Å². The molecule has 1 aliphatic rings. The van der Waals surface area contributed by atoms with Gasteiger partial charge in [0.25, 0.3) is 0 Å². The topological polar surface area (TPSA) is 63.1 Å². The van der Waals surface area contributed by atoms with Crippen LogP contribution in [0.25, 0.3) is 0 Å². The van der Waals surface area contributed by atoms with Crippen molar-refractivity contribution in [2.24, 2.45) is 0 Å². The van der Waals surface area contributed by atoms with Crippen LogP contribution in [-0.4, -0.2) is 38.6 Å². The van der Waals surface area contributed by atoms with Crippen LogP contribution in [0.5, 0.6) is 0 Å². The number of pyridine rings is 1. The zero-order valence-electron chi connectivity index (χ0n) is 16.8. The molecule has 1 N–H and O–H groups in total. The van der Waals surface area contributed by atoms with Crippen LogP contribution in [0.15, 0.2) is 61.1 Å². The Kier molecular flexibility index (Phi) is 5.89. The van der Waals surface area contributed by atoms with Crippen LogP contribution < -0.4 is 5.32 Å². The lowest BCUT2D eigenvalue weighted by Crippen LogP contribution is -2.42. The number of carbonyl (C=O) groups is 1. The summed E-state index contributed by atoms with van der Waals surface area (Å²) < 4.78 is 2.15. The Labute approximate surface area is 171 Å². The SMILES string of the molecule is CCc1ccccc1NC(=O)N1CCC[C@@H](c2nccn2Cc2ccccn2)C1. The lowest BCUT2D eigenvalue weighted by Gasteiger charge is -2.33. The van der Waals surface area contributed by atoms with Gasteiger partial charge in [0.15, 0.2) is 0 Å². The number of urea groups is 1. The molecular formula is C23H27N5O. The number of nitrogens with zero attached hydrogens (tertiary/aromatic N) is 4. The van der Waals surface area contributed by atoms with Crippen LogP contribution in [0, 0.1) is 0 Å². The summed E-state index contributed by atoms with van der Waals surface area (Å²) in [5.41, 5.74) is 3.06. The predicted molar refractivity (Wildman–Crippen MR) is 114 cm³/mol. The zero-order chi connectivity index (χ0) is 20.1. The number of hydrogen-bond donors (Lipinski definition) is 1. The number of benzene rings is 1. The van der Waals surface area contributed by atoms with Crippen molar-refractivity contribution in [3.8, 4) is 0 Å². The van der Waals surface area contributed by atoms with Crippen LogP contribution >= 0.6 is 0 Å². The van der Waals surface area contributed by atoms with Gasteiger partial charge in [-0.2, -0.15) is 0 Å². The van der Waals surface area contributed by atoms with Crippen molar-refractivity contribution in [3.05, 3.63) is 78.1 Å². The third-order valence-corrected chi connectivity index (χ3v) is 5.52. The summed E-state index contributed by atoms with van der Waals surface area (Å²) in [6.45, 7) is 4.25. The van der Waals surface area contributed by atoms with Crippen LogP contribution in [-0.2, 0) is 13.0 Å². The van der Waals surface area contributed by atoms with E-state index in [0.717, 1.165) is 48.6 Å². The highest BCUT2D eigenvalue weighted by molar-refractivity contribution is 5.90. The second-order valence-electron chi connectivity index (χ2n) is 7.46. The smallest absolute Gasteiger partial charge is 0.321 e. The second-order valence-corrected chi connectivity index (χ2v) is 7.46. The van der Waals surface area contributed by atoms with Gasteiger partial charge in [0.2, 0.25) is 0 Å². The maximum absolute atomic E-state index is 12.9. The third-order valence-electron chi connectivity index (χ3n) is 5.52. The summed E-state index contributed by atoms with van der Waals surface area (Å²) >= 11 is 0. The van der Waals surface area contributed by atoms with Crippen molar-refractivity contribution in [2.75, 3.05) is 18.4 Å². The molecule has 4 rings (SSSR count). The maximum atomic E-state index is 12.9. The van der Waals surface area contributed by atoms with Gasteiger partial charge in [0.1, 0.15) is 5.82 Å². The number of aryl methyl sites for hydroxylation is 1. The first-order chi connectivity index (χ1) is 14.2. The molecule has 0 spiro atoms. The number of likely N-dealkylation sites (tertiary alicyclic amines) is 1. The van der Waals surface area contributed by atoms with Crippen molar-refractivity contribution in [1.82, 2.24) is 19.4 Å². The lowest BCUT2D eigenvalue weighted by molar-refractivity contribution is 0.190. The quantitative estimate of drug-likeness (QED) is 0.708. The first-order valence-electron chi connectivity index (χ1n) is 10.3. The first kappa shape index (κ1) is 19.2. The molecule has 0 aliphatic carbocycles. The number of carbonyl (C=O) groups excluding carboxylic acids is 1. The molecule has 0 unspecified atom stereocenters. The number of rotatable bonds is 5. The number of piperidine rings is 1. The highest BCUT2D eigenvalue weighted by Crippen LogP contribution is 2.27. The predicted octanol–water partition coefficient (Wildman–Crippen LogP) is 4.30. The summed E-state index contributed by atoms with van der Waals surface area (Å²) in [6, 6.07) is 13.9. The molecule has 6 heteroatoms. The first-order valence-corrected chi connectivity index (χ1v) is 10.3. The number of anilines is 1. The molecular weight excluding hydrogens is 362 g/mol. The van der Waals surface area contributed by atoms with E-state index in [1.807, 2.05) is 59.9 Å². The Balaban J connectivity index is 1.45. The highest BCUT2D eigenvalue weighted by atomic mass is 16.2. The van der Waals surface area contributed by atoms with Crippen LogP contribution in [0.1, 0.15) is 42.8 Å². The Bertz CT molecular complexity index is 953. The van der Waals surface area contributed by atoms with Gasteiger partial charge in [0, 0.05) is 43.3 Å². The molecule has 2 amide bonds. The Morgan fingerprint density at radius 1 is 1.14 bits per heavy atom. The highest BCUT2D eigenvalue weighted by Gasteiger charge is 2.27. The summed E-state index contributed by atoms with van der Waals surface area (Å²) in [6.07, 6.45) is 8.56. The van der Waals surface area contributed by atoms with Crippen molar-refractivity contribution in [2.45, 2.75) is 38.6 Å². The van der Waals surface area contributed by atoms with Gasteiger partial charge in [-0.05, 0) is 43.0 Å². The van der Waals surface area contributed by atoms with Gasteiger partial charge in [0.05, 0.1) is 12.2 Å². The molecule has 3 heterocycles. The van der Waals surface area contributed by atoms with Crippen LogP contribution in [0.4, 0.5) is 10.5 Å². The minimum atomic E-state index is -0.0292. The van der Waals surface area contributed by atoms with Crippen LogP contribution in [0.3, 0.4) is 0 Å². The Morgan fingerprint density at radius 3 is 2.83 bits per heavy atom. The molecule has 3 aromatic rings. The van der Waals surface area contributed by atoms with Gasteiger partial charge in [-0.15, -0.1) is 0 Å². The Morgan fingerprint density at radius 2 is 2.00 bits per heavy atom. The van der Waals surface area contributed by atoms with E-state index in [1.54, 1.807) is 0 Å². The van der Waals surface area contributed by atoms with E-state index >= 15 is 0 Å². The fraction of sp³-hybridized carbons (Fsp3) is 0.348. The second kappa shape index (κ2) is 8.90. The summed E-state index contributed by atoms with van der Waals surface area (Å²) in [5, 5.41) is 3.10. The number of nitrogens with one attached hydrogen (secondary N) is 1. The summed E-state index contributed by atoms with van der Waals surface area (Å²) in [5.74, 6) is 1.26. The Hall–Kier alpha value is -3.15. The summed E-state index contributed by atoms with van der Waals surface area (Å²) in [4.78, 5) is 23.9. The van der Waals surface area contributed by atoms with Crippen molar-refractivity contribution >= 4 is 11.7 Å². The van der Waals surface area contributed by atoms with Gasteiger partial charge in [-0.1, -0.05) is 31.2 Å². The van der Waals surface area contributed by atoms with E-state index in [2.05, 4.69) is 32.8 Å². The van der Waals surface area contributed by atoms with Crippen molar-refractivity contribution in [3.63, 3.8) is 0 Å². The number of hydrogen-bond acceptors (Lipinski definition) is 3. The molecule has 150 valence electrons. The monoisotopic (exact) mass is 389 g/mol. The van der Waals surface area contributed by atoms with E-state index in [-0.39, 0.29) is 11.9 Å². The molecule has 2 aromatic heterocycles. The van der Waals surface area contributed by atoms with Gasteiger partial charge >= 0.3 is 6.03 Å². The largest absolute Gasteiger partial charge is 0.329 e. The molecule has 1 fully saturated rings. The van der Waals surface area contributed by atoms with Crippen molar-refractivity contribution < 1.29 is 4.79 Å². The van der Waals surface area contributed by atoms with E-state index in [1.165, 1.54) is 0 Å². The number of amides is 2. The van der Waals surface area contributed by atoms with E-state index < -0.39 is 0 Å². The standard InChI is InChI=1S/C23H27N5O/c1-2-18-8-3-4-11-21(18)26-23(29)28-14-7-9-19(16-28)22-25-13-15-27(22)17-20-10-5-6-12-24-20/h3-6,8,10-13,15,19H,2,7,9,14,16-17H2,1H3,(H,26,29)/t19-/m1/s1. The van der Waals surface area contributed by atoms with Crippen molar-refractivity contribution in [1.29, 1.82) is 0 Å². The molecule has 29 heavy (non-hydrogen) atoms. The molecule has 1 aromatic carbocycles. The molecule has 0 radical (unpaired) electrons. The minimum absolute atomic E-state index is 0.0292. The van der Waals surface area contributed by atoms with E-state index in [4.69, 9.17) is 0 Å². The average molecular weight is 390 g/mol. The average Bonchev–Trinajstić information content (AvgIpc) is 3.23. The molecule has 1 atom stereocenters. The maximum Gasteiger partial charge on any atom is 0.321 e. The molecule has 0 bridgehead atoms. The van der Waals surface area contributed by atoms with Gasteiger partial charge in [-0.3, -0.25) is 4.98 Å². The van der Waals surface area contributed by atoms with Gasteiger partial charge in [-0.25, -0.2) is 9.78 Å². The van der Waals surface area contributed by atoms with Crippen LogP contribution in [0.2, 0.25) is 0 Å². The number of para-hydroxylation sites is 1. The lowest BCUT2D eigenvalue weighted by atomic mass is 9.97. The fourth-order valence-electron chi connectivity index (χ4n) is 4.00.